The summed E-state index contributed by atoms with van der Waals surface area (Å²) in [6, 6.07) is 12.1. The molecule has 178 valence electrons. The fourth-order valence-electron chi connectivity index (χ4n) is 4.78. The number of hydrogen-bond donors (Lipinski definition) is 1. The Hall–Kier alpha value is -4.03. The molecule has 0 radical (unpaired) electrons. The zero-order valence-corrected chi connectivity index (χ0v) is 19.9. The number of amides is 1. The van der Waals surface area contributed by atoms with Crippen LogP contribution in [0.15, 0.2) is 42.6 Å². The summed E-state index contributed by atoms with van der Waals surface area (Å²) in [7, 11) is 3.91. The lowest BCUT2D eigenvalue weighted by atomic mass is 10.1. The van der Waals surface area contributed by atoms with E-state index in [0.29, 0.717) is 22.8 Å². The van der Waals surface area contributed by atoms with E-state index in [-0.39, 0.29) is 17.5 Å². The van der Waals surface area contributed by atoms with Crippen LogP contribution in [0.4, 0.5) is 4.39 Å². The number of carbonyl (C=O) groups excluding carboxylic acids is 1. The van der Waals surface area contributed by atoms with Crippen LogP contribution < -0.4 is 5.32 Å². The van der Waals surface area contributed by atoms with E-state index in [1.54, 1.807) is 10.7 Å². The second-order valence-corrected chi connectivity index (χ2v) is 9.13. The monoisotopic (exact) mass is 471 g/mol. The molecule has 4 aromatic rings. The van der Waals surface area contributed by atoms with Gasteiger partial charge in [-0.3, -0.25) is 14.0 Å². The first-order chi connectivity index (χ1) is 16.8. The van der Waals surface area contributed by atoms with Gasteiger partial charge in [0.2, 0.25) is 0 Å². The molecular formula is C26H26FN7O. The normalized spacial score (nSPS) is 16.4. The van der Waals surface area contributed by atoms with Crippen molar-refractivity contribution in [3.05, 3.63) is 65.4 Å². The first-order valence-electron chi connectivity index (χ1n) is 11.6. The average Bonchev–Trinajstić information content (AvgIpc) is 3.37. The molecule has 9 heteroatoms. The number of likely N-dealkylation sites (N-methyl/N-ethyl adjacent to an activating group) is 1. The number of nitrogens with one attached hydrogen (secondary N) is 1. The minimum absolute atomic E-state index is 0.0419. The standard InChI is InChI=1S/C26H26FN7O/c1-16-24(26(35)29-20-5-4-10-32(2)15-20)30-25(17-6-7-18(13-28)22(27)12-17)34(16)21-8-9-23-19(11-21)14-33(3)31-23/h6-9,11-12,14,20H,4-5,10,15H2,1-3H3,(H,29,35). The van der Waals surface area contributed by atoms with E-state index in [2.05, 4.69) is 20.3 Å². The molecule has 1 atom stereocenters. The quantitative estimate of drug-likeness (QED) is 0.491. The highest BCUT2D eigenvalue weighted by molar-refractivity contribution is 5.95. The van der Waals surface area contributed by atoms with Gasteiger partial charge in [0.05, 0.1) is 16.8 Å². The predicted molar refractivity (Wildman–Crippen MR) is 131 cm³/mol. The van der Waals surface area contributed by atoms with Gasteiger partial charge >= 0.3 is 0 Å². The SMILES string of the molecule is Cc1c(C(=O)NC2CCCN(C)C2)nc(-c2ccc(C#N)c(F)c2)n1-c1ccc2nn(C)cc2c1. The first kappa shape index (κ1) is 22.7. The maximum atomic E-state index is 14.5. The van der Waals surface area contributed by atoms with Crippen molar-refractivity contribution in [3.8, 4) is 23.1 Å². The van der Waals surface area contributed by atoms with Crippen LogP contribution in [0.25, 0.3) is 28.0 Å². The number of aryl methyl sites for hydroxylation is 1. The molecule has 8 nitrogen and oxygen atoms in total. The number of aromatic nitrogens is 4. The molecule has 0 spiro atoms. The van der Waals surface area contributed by atoms with Crippen LogP contribution in [0.2, 0.25) is 0 Å². The molecule has 1 amide bonds. The zero-order valence-electron chi connectivity index (χ0n) is 19.9. The Kier molecular flexibility index (Phi) is 5.83. The van der Waals surface area contributed by atoms with Gasteiger partial charge in [0.1, 0.15) is 23.4 Å². The number of piperidine rings is 1. The Morgan fingerprint density at radius 1 is 1.23 bits per heavy atom. The number of nitrogens with zero attached hydrogens (tertiary/aromatic N) is 6. The average molecular weight is 472 g/mol. The number of carbonyl (C=O) groups is 1. The molecule has 2 aromatic carbocycles. The minimum Gasteiger partial charge on any atom is -0.347 e. The van der Waals surface area contributed by atoms with E-state index < -0.39 is 5.82 Å². The van der Waals surface area contributed by atoms with Crippen LogP contribution in [-0.2, 0) is 7.05 Å². The summed E-state index contributed by atoms with van der Waals surface area (Å²) in [5, 5.41) is 17.6. The third-order valence-corrected chi connectivity index (χ3v) is 6.49. The van der Waals surface area contributed by atoms with Crippen molar-refractivity contribution >= 4 is 16.8 Å². The van der Waals surface area contributed by atoms with Crippen LogP contribution in [-0.4, -0.2) is 56.3 Å². The number of rotatable bonds is 4. The molecular weight excluding hydrogens is 445 g/mol. The third kappa shape index (κ3) is 4.29. The first-order valence-corrected chi connectivity index (χ1v) is 11.6. The molecule has 1 aliphatic rings. The lowest BCUT2D eigenvalue weighted by Crippen LogP contribution is -2.46. The van der Waals surface area contributed by atoms with Crippen LogP contribution in [0, 0.1) is 24.1 Å². The van der Waals surface area contributed by atoms with Crippen LogP contribution in [0.3, 0.4) is 0 Å². The summed E-state index contributed by atoms with van der Waals surface area (Å²) in [5.74, 6) is -0.449. The highest BCUT2D eigenvalue weighted by Gasteiger charge is 2.26. The minimum atomic E-state index is -0.629. The van der Waals surface area contributed by atoms with Gasteiger partial charge in [-0.05, 0) is 69.8 Å². The lowest BCUT2D eigenvalue weighted by molar-refractivity contribution is 0.0907. The van der Waals surface area contributed by atoms with Crippen LogP contribution >= 0.6 is 0 Å². The molecule has 0 bridgehead atoms. The molecule has 1 unspecified atom stereocenters. The summed E-state index contributed by atoms with van der Waals surface area (Å²) >= 11 is 0. The van der Waals surface area contributed by atoms with Gasteiger partial charge in [-0.2, -0.15) is 10.4 Å². The maximum Gasteiger partial charge on any atom is 0.272 e. The zero-order chi connectivity index (χ0) is 24.7. The summed E-state index contributed by atoms with van der Waals surface area (Å²) in [6.45, 7) is 3.65. The summed E-state index contributed by atoms with van der Waals surface area (Å²) in [6.07, 6.45) is 3.86. The Labute approximate surface area is 202 Å². The van der Waals surface area contributed by atoms with E-state index >= 15 is 0 Å². The van der Waals surface area contributed by atoms with Gasteiger partial charge in [0.15, 0.2) is 0 Å². The Bertz CT molecular complexity index is 1480. The van der Waals surface area contributed by atoms with Crippen molar-refractivity contribution in [3.63, 3.8) is 0 Å². The van der Waals surface area contributed by atoms with E-state index in [4.69, 9.17) is 5.26 Å². The lowest BCUT2D eigenvalue weighted by Gasteiger charge is -2.30. The van der Waals surface area contributed by atoms with Crippen molar-refractivity contribution in [2.45, 2.75) is 25.8 Å². The predicted octanol–water partition coefficient (Wildman–Crippen LogP) is 3.57. The number of nitriles is 1. The highest BCUT2D eigenvalue weighted by Crippen LogP contribution is 2.29. The Balaban J connectivity index is 1.62. The van der Waals surface area contributed by atoms with Gasteiger partial charge in [0.25, 0.3) is 5.91 Å². The van der Waals surface area contributed by atoms with Crippen molar-refractivity contribution in [2.75, 3.05) is 20.1 Å². The molecule has 1 saturated heterocycles. The van der Waals surface area contributed by atoms with Crippen LogP contribution in [0.5, 0.6) is 0 Å². The van der Waals surface area contributed by atoms with Crippen molar-refractivity contribution in [2.24, 2.45) is 7.05 Å². The van der Waals surface area contributed by atoms with Gasteiger partial charge in [-0.1, -0.05) is 0 Å². The molecule has 5 rings (SSSR count). The van der Waals surface area contributed by atoms with Crippen molar-refractivity contribution in [1.82, 2.24) is 29.5 Å². The van der Waals surface area contributed by atoms with Gasteiger partial charge < -0.3 is 10.2 Å². The number of likely N-dealkylation sites (tertiary alicyclic amines) is 1. The van der Waals surface area contributed by atoms with E-state index in [1.807, 2.05) is 56.1 Å². The Morgan fingerprint density at radius 2 is 2.06 bits per heavy atom. The van der Waals surface area contributed by atoms with Crippen LogP contribution in [0.1, 0.15) is 34.6 Å². The molecule has 1 aliphatic heterocycles. The molecule has 3 heterocycles. The fourth-order valence-corrected chi connectivity index (χ4v) is 4.78. The number of benzene rings is 2. The van der Waals surface area contributed by atoms with Gasteiger partial charge in [-0.15, -0.1) is 0 Å². The summed E-state index contributed by atoms with van der Waals surface area (Å²) in [5.41, 5.74) is 3.01. The second kappa shape index (κ2) is 8.96. The molecule has 0 saturated carbocycles. The number of hydrogen-bond acceptors (Lipinski definition) is 5. The van der Waals surface area contributed by atoms with E-state index in [9.17, 15) is 9.18 Å². The second-order valence-electron chi connectivity index (χ2n) is 9.13. The van der Waals surface area contributed by atoms with E-state index in [0.717, 1.165) is 42.5 Å². The number of halogens is 1. The van der Waals surface area contributed by atoms with Gasteiger partial charge in [0, 0.05) is 42.5 Å². The maximum absolute atomic E-state index is 14.5. The number of fused-ring (bicyclic) bond motifs is 1. The smallest absolute Gasteiger partial charge is 0.272 e. The fraction of sp³-hybridized carbons (Fsp3) is 0.308. The topological polar surface area (TPSA) is 91.8 Å². The highest BCUT2D eigenvalue weighted by atomic mass is 19.1. The number of imidazole rings is 1. The third-order valence-electron chi connectivity index (χ3n) is 6.49. The largest absolute Gasteiger partial charge is 0.347 e. The summed E-state index contributed by atoms with van der Waals surface area (Å²) < 4.78 is 18.1. The van der Waals surface area contributed by atoms with E-state index in [1.165, 1.54) is 12.1 Å². The van der Waals surface area contributed by atoms with Gasteiger partial charge in [-0.25, -0.2) is 9.37 Å². The Morgan fingerprint density at radius 3 is 2.80 bits per heavy atom. The van der Waals surface area contributed by atoms with Crippen molar-refractivity contribution in [1.29, 1.82) is 5.26 Å². The summed E-state index contributed by atoms with van der Waals surface area (Å²) in [4.78, 5) is 20.2. The molecule has 1 N–H and O–H groups in total. The molecule has 1 fully saturated rings. The van der Waals surface area contributed by atoms with Crippen molar-refractivity contribution < 1.29 is 9.18 Å². The molecule has 2 aromatic heterocycles. The molecule has 0 aliphatic carbocycles. The molecule has 35 heavy (non-hydrogen) atoms.